The lowest BCUT2D eigenvalue weighted by molar-refractivity contribution is 0.0926. The topological polar surface area (TPSA) is 193 Å². The van der Waals surface area contributed by atoms with Crippen LogP contribution in [0.3, 0.4) is 0 Å². The number of nitrogens with zero attached hydrogens (tertiary/aromatic N) is 3. The number of H-pyrrole nitrogens is 3. The number of nitrogens with one attached hydrogen (secondary N) is 6. The van der Waals surface area contributed by atoms with E-state index in [1.54, 1.807) is 24.5 Å². The van der Waals surface area contributed by atoms with Crippen molar-refractivity contribution in [3.8, 4) is 0 Å². The van der Waals surface area contributed by atoms with E-state index in [0.717, 1.165) is 20.1 Å². The number of imidazole rings is 1. The van der Waals surface area contributed by atoms with E-state index in [1.165, 1.54) is 0 Å². The summed E-state index contributed by atoms with van der Waals surface area (Å²) in [5.41, 5.74) is 9.79. The summed E-state index contributed by atoms with van der Waals surface area (Å²) in [7, 11) is 0. The third kappa shape index (κ3) is 3.64. The van der Waals surface area contributed by atoms with E-state index in [1.807, 2.05) is 0 Å². The summed E-state index contributed by atoms with van der Waals surface area (Å²) < 4.78 is 1.55. The minimum absolute atomic E-state index is 0.110. The molecule has 2 unspecified atom stereocenters. The van der Waals surface area contributed by atoms with E-state index in [4.69, 9.17) is 11.1 Å². The van der Waals surface area contributed by atoms with Crippen molar-refractivity contribution >= 4 is 66.6 Å². The average Bonchev–Trinajstić information content (AvgIpc) is 3.60. The molecule has 2 aliphatic rings. The van der Waals surface area contributed by atoms with Gasteiger partial charge >= 0.3 is 0 Å². The van der Waals surface area contributed by atoms with Crippen molar-refractivity contribution in [3.05, 3.63) is 66.7 Å². The van der Waals surface area contributed by atoms with Crippen molar-refractivity contribution in [2.45, 2.75) is 11.8 Å². The highest BCUT2D eigenvalue weighted by Crippen LogP contribution is 2.46. The second-order valence-electron chi connectivity index (χ2n) is 8.51. The van der Waals surface area contributed by atoms with Gasteiger partial charge in [0.05, 0.1) is 16.4 Å². The van der Waals surface area contributed by atoms with Crippen LogP contribution in [-0.4, -0.2) is 50.8 Å². The van der Waals surface area contributed by atoms with Crippen LogP contribution >= 0.6 is 31.9 Å². The number of carbonyl (C=O) groups excluding carboxylic acids is 2. The van der Waals surface area contributed by atoms with Gasteiger partial charge in [-0.05, 0) is 55.1 Å². The molecule has 4 aromatic rings. The molecule has 6 rings (SSSR count). The second kappa shape index (κ2) is 8.41. The van der Waals surface area contributed by atoms with E-state index in [2.05, 4.69) is 72.4 Å². The zero-order valence-electron chi connectivity index (χ0n) is 18.4. The Bertz CT molecular complexity index is 1720. The maximum atomic E-state index is 12.7. The zero-order valence-corrected chi connectivity index (χ0v) is 21.5. The molecule has 0 bridgehead atoms. The Hall–Kier alpha value is -3.78. The van der Waals surface area contributed by atoms with Crippen LogP contribution in [0, 0.1) is 5.41 Å². The lowest BCUT2D eigenvalue weighted by Gasteiger charge is -2.39. The van der Waals surface area contributed by atoms with Crippen LogP contribution in [0.15, 0.2) is 43.5 Å². The van der Waals surface area contributed by atoms with Gasteiger partial charge in [-0.1, -0.05) is 0 Å². The first-order valence-electron chi connectivity index (χ1n) is 10.9. The van der Waals surface area contributed by atoms with Crippen molar-refractivity contribution in [2.75, 3.05) is 18.8 Å². The number of aromatic nitrogens is 4. The van der Waals surface area contributed by atoms with Crippen molar-refractivity contribution in [2.24, 2.45) is 9.98 Å². The Morgan fingerprint density at radius 2 is 1.50 bits per heavy atom. The van der Waals surface area contributed by atoms with Gasteiger partial charge in [-0.3, -0.25) is 15.0 Å². The van der Waals surface area contributed by atoms with Gasteiger partial charge in [-0.2, -0.15) is 0 Å². The van der Waals surface area contributed by atoms with E-state index in [9.17, 15) is 9.59 Å². The van der Waals surface area contributed by atoms with E-state index >= 15 is 0 Å². The molecule has 4 heterocycles. The van der Waals surface area contributed by atoms with Gasteiger partial charge in [0.25, 0.3) is 11.8 Å². The molecule has 0 fully saturated rings. The van der Waals surface area contributed by atoms with Gasteiger partial charge in [0.15, 0.2) is 5.95 Å². The third-order valence-electron chi connectivity index (χ3n) is 6.40. The van der Waals surface area contributed by atoms with Crippen LogP contribution in [0.25, 0.3) is 11.0 Å². The summed E-state index contributed by atoms with van der Waals surface area (Å²) in [5.74, 6) is -0.779. The lowest BCUT2D eigenvalue weighted by atomic mass is 9.66. The first kappa shape index (κ1) is 22.7. The summed E-state index contributed by atoms with van der Waals surface area (Å²) in [6.07, 6.45) is 3.37. The van der Waals surface area contributed by atoms with Crippen molar-refractivity contribution in [1.29, 1.82) is 5.41 Å². The molecule has 0 radical (unpaired) electrons. The minimum Gasteiger partial charge on any atom is -0.369 e. The van der Waals surface area contributed by atoms with Gasteiger partial charge in [-0.15, -0.1) is 0 Å². The number of fused-ring (bicyclic) bond motifs is 6. The fraction of sp³-hybridized carbons (Fsp3) is 0.182. The van der Waals surface area contributed by atoms with Crippen molar-refractivity contribution in [1.82, 2.24) is 30.6 Å². The molecule has 14 heteroatoms. The number of nitrogen functional groups attached to an aromatic ring is 1. The molecule has 0 saturated heterocycles. The van der Waals surface area contributed by atoms with Gasteiger partial charge in [-0.25, -0.2) is 15.0 Å². The molecular formula is C22H18Br2N10O2. The lowest BCUT2D eigenvalue weighted by Crippen LogP contribution is -2.47. The summed E-state index contributed by atoms with van der Waals surface area (Å²) >= 11 is 6.67. The van der Waals surface area contributed by atoms with Crippen LogP contribution in [0.2, 0.25) is 0 Å². The Morgan fingerprint density at radius 1 is 0.944 bits per heavy atom. The number of halogens is 2. The number of guanidine groups is 1. The highest BCUT2D eigenvalue weighted by Gasteiger charge is 2.43. The first-order chi connectivity index (χ1) is 17.3. The SMILES string of the molecule is N=C1N=c2c3c(c4nc(N)[nH]c4c2=N1)C(CNC(=O)c1cc(Br)c[nH]1)C3CNC(=O)c1cc(Br)c[nH]1. The molecule has 2 atom stereocenters. The fourth-order valence-corrected chi connectivity index (χ4v) is 5.54. The summed E-state index contributed by atoms with van der Waals surface area (Å²) in [6.45, 7) is 0.587. The number of carbonyl (C=O) groups is 2. The summed E-state index contributed by atoms with van der Waals surface area (Å²) in [6, 6.07) is 3.39. The molecule has 8 N–H and O–H groups in total. The van der Waals surface area contributed by atoms with E-state index < -0.39 is 0 Å². The van der Waals surface area contributed by atoms with Gasteiger partial charge in [0, 0.05) is 46.3 Å². The molecule has 1 aliphatic carbocycles. The third-order valence-corrected chi connectivity index (χ3v) is 7.31. The zero-order chi connectivity index (χ0) is 25.1. The molecule has 0 spiro atoms. The molecule has 36 heavy (non-hydrogen) atoms. The quantitative estimate of drug-likeness (QED) is 0.173. The molecule has 1 aliphatic heterocycles. The van der Waals surface area contributed by atoms with Crippen LogP contribution in [-0.2, 0) is 0 Å². The summed E-state index contributed by atoms with van der Waals surface area (Å²) in [5, 5.41) is 15.0. The predicted molar refractivity (Wildman–Crippen MR) is 138 cm³/mol. The van der Waals surface area contributed by atoms with Gasteiger partial charge < -0.3 is 31.3 Å². The Morgan fingerprint density at radius 3 is 2.06 bits per heavy atom. The number of nitrogens with two attached hydrogens (primary N) is 1. The summed E-state index contributed by atoms with van der Waals surface area (Å²) in [4.78, 5) is 47.4. The molecular weight excluding hydrogens is 596 g/mol. The van der Waals surface area contributed by atoms with Crippen LogP contribution in [0.4, 0.5) is 5.95 Å². The molecule has 182 valence electrons. The second-order valence-corrected chi connectivity index (χ2v) is 10.3. The van der Waals surface area contributed by atoms with E-state index in [0.29, 0.717) is 39.7 Å². The van der Waals surface area contributed by atoms with Gasteiger partial charge in [0.1, 0.15) is 16.7 Å². The molecule has 3 aromatic heterocycles. The number of anilines is 1. The fourth-order valence-electron chi connectivity index (χ4n) is 4.86. The van der Waals surface area contributed by atoms with Crippen LogP contribution < -0.4 is 27.1 Å². The molecule has 12 nitrogen and oxygen atoms in total. The monoisotopic (exact) mass is 612 g/mol. The number of hydrogen-bond acceptors (Lipinski definition) is 5. The maximum absolute atomic E-state index is 12.7. The smallest absolute Gasteiger partial charge is 0.267 e. The number of benzene rings is 1. The minimum atomic E-state index is -0.260. The number of aromatic amines is 3. The van der Waals surface area contributed by atoms with Gasteiger partial charge in [0.2, 0.25) is 5.96 Å². The number of rotatable bonds is 6. The molecule has 2 amide bonds. The standard InChI is InChI=1S/C22H18Br2N10O2/c23-7-1-11(27-3-7)19(35)29-5-9-10(6-30-20(36)12-2-8(24)4-28-12)14-13(9)15-17(33-21(25)31-15)18-16(14)32-22(26)34-18/h1-4,9-10,25,27-28H,5-6H2,(H,29,35)(H,30,36)(H3,26,32,34). The van der Waals surface area contributed by atoms with Crippen molar-refractivity contribution < 1.29 is 9.59 Å². The van der Waals surface area contributed by atoms with Crippen LogP contribution in [0.5, 0.6) is 0 Å². The normalized spacial score (nSPS) is 17.7. The van der Waals surface area contributed by atoms with Crippen molar-refractivity contribution in [3.63, 3.8) is 0 Å². The Balaban J connectivity index is 1.36. The highest BCUT2D eigenvalue weighted by atomic mass is 79.9. The van der Waals surface area contributed by atoms with E-state index in [-0.39, 0.29) is 42.1 Å². The van der Waals surface area contributed by atoms with Crippen LogP contribution in [0.1, 0.15) is 43.9 Å². The Kier molecular flexibility index (Phi) is 5.30. The largest absolute Gasteiger partial charge is 0.369 e. The average molecular weight is 614 g/mol. The highest BCUT2D eigenvalue weighted by molar-refractivity contribution is 9.10. The first-order valence-corrected chi connectivity index (χ1v) is 12.5. The predicted octanol–water partition coefficient (Wildman–Crippen LogP) is 1.55. The Labute approximate surface area is 219 Å². The molecule has 1 aromatic carbocycles. The maximum Gasteiger partial charge on any atom is 0.267 e. The number of hydrogen-bond donors (Lipinski definition) is 7. The number of amides is 2. The molecule has 0 saturated carbocycles.